The number of carbonyl (C=O) groups excluding carboxylic acids is 1. The van der Waals surface area contributed by atoms with E-state index in [2.05, 4.69) is 50.8 Å². The average molecular weight is 347 g/mol. The second-order valence-electron chi connectivity index (χ2n) is 7.06. The van der Waals surface area contributed by atoms with Gasteiger partial charge < -0.3 is 15.5 Å². The Balaban J connectivity index is 1.52. The summed E-state index contributed by atoms with van der Waals surface area (Å²) in [5.74, 6) is 0.201. The van der Waals surface area contributed by atoms with Crippen molar-refractivity contribution in [3.05, 3.63) is 35.9 Å². The Bertz CT molecular complexity index is 486. The lowest BCUT2D eigenvalue weighted by atomic mass is 10.1. The fourth-order valence-electron chi connectivity index (χ4n) is 3.26. The molecule has 1 amide bonds. The van der Waals surface area contributed by atoms with Gasteiger partial charge >= 0.3 is 0 Å². The topological polar surface area (TPSA) is 47.6 Å². The predicted octanol–water partition coefficient (Wildman–Crippen LogP) is 1.56. The van der Waals surface area contributed by atoms with Crippen molar-refractivity contribution in [2.75, 3.05) is 52.9 Å². The Morgan fingerprint density at radius 3 is 2.44 bits per heavy atom. The zero-order valence-corrected chi connectivity index (χ0v) is 15.8. The van der Waals surface area contributed by atoms with Crippen LogP contribution in [0.4, 0.5) is 0 Å². The molecule has 1 fully saturated rings. The van der Waals surface area contributed by atoms with E-state index in [-0.39, 0.29) is 11.8 Å². The molecule has 1 aliphatic rings. The molecule has 0 aromatic heterocycles. The first-order valence-electron chi connectivity index (χ1n) is 9.60. The summed E-state index contributed by atoms with van der Waals surface area (Å²) in [5.41, 5.74) is 1.40. The molecule has 2 rings (SSSR count). The van der Waals surface area contributed by atoms with E-state index in [0.29, 0.717) is 0 Å². The van der Waals surface area contributed by atoms with E-state index in [4.69, 9.17) is 0 Å². The number of nitrogens with zero attached hydrogens (tertiary/aromatic N) is 2. The van der Waals surface area contributed by atoms with Crippen LogP contribution in [0.2, 0.25) is 0 Å². The highest BCUT2D eigenvalue weighted by atomic mass is 16.1. The quantitative estimate of drug-likeness (QED) is 0.631. The van der Waals surface area contributed by atoms with E-state index in [1.807, 2.05) is 14.0 Å². The minimum Gasteiger partial charge on any atom is -0.356 e. The van der Waals surface area contributed by atoms with Crippen LogP contribution in [0.5, 0.6) is 0 Å². The normalized spacial score (nSPS) is 17.4. The zero-order valence-electron chi connectivity index (χ0n) is 15.8. The first-order valence-corrected chi connectivity index (χ1v) is 9.60. The SMILES string of the molecule is CNCC(C)C(=O)NCCCCN1CCN(Cc2ccccc2)CC1. The number of hydrogen-bond acceptors (Lipinski definition) is 4. The van der Waals surface area contributed by atoms with Crippen molar-refractivity contribution < 1.29 is 4.79 Å². The van der Waals surface area contributed by atoms with Crippen LogP contribution in [0.1, 0.15) is 25.3 Å². The molecule has 2 N–H and O–H groups in total. The first-order chi connectivity index (χ1) is 12.2. The number of nitrogens with one attached hydrogen (secondary N) is 2. The Morgan fingerprint density at radius 1 is 1.08 bits per heavy atom. The van der Waals surface area contributed by atoms with Crippen LogP contribution in [-0.2, 0) is 11.3 Å². The highest BCUT2D eigenvalue weighted by molar-refractivity contribution is 5.78. The van der Waals surface area contributed by atoms with E-state index in [0.717, 1.165) is 65.2 Å². The molecule has 0 saturated carbocycles. The van der Waals surface area contributed by atoms with Gasteiger partial charge in [-0.1, -0.05) is 37.3 Å². The summed E-state index contributed by atoms with van der Waals surface area (Å²) in [6.07, 6.45) is 2.21. The smallest absolute Gasteiger partial charge is 0.224 e. The fraction of sp³-hybridized carbons (Fsp3) is 0.650. The lowest BCUT2D eigenvalue weighted by molar-refractivity contribution is -0.124. The molecule has 1 aromatic rings. The molecule has 140 valence electrons. The van der Waals surface area contributed by atoms with Crippen molar-refractivity contribution in [1.82, 2.24) is 20.4 Å². The van der Waals surface area contributed by atoms with Gasteiger partial charge in [-0.3, -0.25) is 9.69 Å². The molecular weight excluding hydrogens is 312 g/mol. The van der Waals surface area contributed by atoms with Gasteiger partial charge in [0.25, 0.3) is 0 Å². The van der Waals surface area contributed by atoms with Crippen molar-refractivity contribution in [3.63, 3.8) is 0 Å². The molecule has 5 nitrogen and oxygen atoms in total. The molecule has 0 bridgehead atoms. The Hall–Kier alpha value is -1.43. The monoisotopic (exact) mass is 346 g/mol. The van der Waals surface area contributed by atoms with Crippen LogP contribution in [0, 0.1) is 5.92 Å². The minimum absolute atomic E-state index is 0.0442. The maximum atomic E-state index is 11.8. The van der Waals surface area contributed by atoms with Gasteiger partial charge in [0.05, 0.1) is 0 Å². The summed E-state index contributed by atoms with van der Waals surface area (Å²) in [5, 5.41) is 6.07. The predicted molar refractivity (Wildman–Crippen MR) is 103 cm³/mol. The molecule has 0 radical (unpaired) electrons. The maximum Gasteiger partial charge on any atom is 0.224 e. The van der Waals surface area contributed by atoms with Crippen molar-refractivity contribution in [1.29, 1.82) is 0 Å². The summed E-state index contributed by atoms with van der Waals surface area (Å²) in [7, 11) is 1.88. The van der Waals surface area contributed by atoms with E-state index >= 15 is 0 Å². The molecule has 1 aromatic carbocycles. The van der Waals surface area contributed by atoms with Crippen LogP contribution in [0.15, 0.2) is 30.3 Å². The molecule has 25 heavy (non-hydrogen) atoms. The third-order valence-electron chi connectivity index (χ3n) is 4.87. The third kappa shape index (κ3) is 7.55. The van der Waals surface area contributed by atoms with Gasteiger partial charge in [0.2, 0.25) is 5.91 Å². The van der Waals surface area contributed by atoms with E-state index < -0.39 is 0 Å². The number of benzene rings is 1. The van der Waals surface area contributed by atoms with Gasteiger partial charge in [0.15, 0.2) is 0 Å². The van der Waals surface area contributed by atoms with Crippen LogP contribution in [0.3, 0.4) is 0 Å². The standard InChI is InChI=1S/C20H34N4O/c1-18(16-21-2)20(25)22-10-6-7-11-23-12-14-24(15-13-23)17-19-8-4-3-5-9-19/h3-5,8-9,18,21H,6-7,10-17H2,1-2H3,(H,22,25). The van der Waals surface area contributed by atoms with Crippen LogP contribution in [0.25, 0.3) is 0 Å². The van der Waals surface area contributed by atoms with Gasteiger partial charge in [0.1, 0.15) is 0 Å². The van der Waals surface area contributed by atoms with Gasteiger partial charge in [-0.25, -0.2) is 0 Å². The number of hydrogen-bond donors (Lipinski definition) is 2. The first kappa shape index (κ1) is 19.9. The van der Waals surface area contributed by atoms with Gasteiger partial charge in [0, 0.05) is 51.7 Å². The van der Waals surface area contributed by atoms with Crippen molar-refractivity contribution >= 4 is 5.91 Å². The molecule has 1 aliphatic heterocycles. The zero-order chi connectivity index (χ0) is 17.9. The van der Waals surface area contributed by atoms with Gasteiger partial charge in [-0.2, -0.15) is 0 Å². The van der Waals surface area contributed by atoms with Crippen LogP contribution < -0.4 is 10.6 Å². The fourth-order valence-corrected chi connectivity index (χ4v) is 3.26. The average Bonchev–Trinajstić information content (AvgIpc) is 2.63. The number of rotatable bonds is 10. The molecule has 1 heterocycles. The largest absolute Gasteiger partial charge is 0.356 e. The highest BCUT2D eigenvalue weighted by Gasteiger charge is 2.16. The lowest BCUT2D eigenvalue weighted by Crippen LogP contribution is -2.46. The van der Waals surface area contributed by atoms with Crippen molar-refractivity contribution in [3.8, 4) is 0 Å². The highest BCUT2D eigenvalue weighted by Crippen LogP contribution is 2.09. The second kappa shape index (κ2) is 11.2. The number of unbranched alkanes of at least 4 members (excludes halogenated alkanes) is 1. The lowest BCUT2D eigenvalue weighted by Gasteiger charge is -2.34. The number of carbonyl (C=O) groups is 1. The van der Waals surface area contributed by atoms with Crippen LogP contribution >= 0.6 is 0 Å². The van der Waals surface area contributed by atoms with Gasteiger partial charge in [-0.15, -0.1) is 0 Å². The van der Waals surface area contributed by atoms with Crippen molar-refractivity contribution in [2.45, 2.75) is 26.3 Å². The van der Waals surface area contributed by atoms with Gasteiger partial charge in [-0.05, 0) is 32.0 Å². The number of piperazine rings is 1. The summed E-state index contributed by atoms with van der Waals surface area (Å²) in [4.78, 5) is 16.9. The molecule has 1 atom stereocenters. The summed E-state index contributed by atoms with van der Waals surface area (Å²) in [6, 6.07) is 10.7. The Labute approximate surface area is 152 Å². The van der Waals surface area contributed by atoms with E-state index in [1.54, 1.807) is 0 Å². The molecule has 1 saturated heterocycles. The molecule has 1 unspecified atom stereocenters. The molecular formula is C20H34N4O. The Morgan fingerprint density at radius 2 is 1.76 bits per heavy atom. The minimum atomic E-state index is 0.0442. The summed E-state index contributed by atoms with van der Waals surface area (Å²) >= 11 is 0. The van der Waals surface area contributed by atoms with Crippen LogP contribution in [-0.4, -0.2) is 68.6 Å². The second-order valence-corrected chi connectivity index (χ2v) is 7.06. The van der Waals surface area contributed by atoms with E-state index in [9.17, 15) is 4.79 Å². The molecule has 5 heteroatoms. The Kier molecular flexibility index (Phi) is 8.94. The third-order valence-corrected chi connectivity index (χ3v) is 4.87. The molecule has 0 aliphatic carbocycles. The number of amides is 1. The summed E-state index contributed by atoms with van der Waals surface area (Å²) < 4.78 is 0. The summed E-state index contributed by atoms with van der Waals surface area (Å²) in [6.45, 7) is 10.3. The molecule has 0 spiro atoms. The van der Waals surface area contributed by atoms with E-state index in [1.165, 1.54) is 5.56 Å². The maximum absolute atomic E-state index is 11.8. The van der Waals surface area contributed by atoms with Crippen molar-refractivity contribution in [2.24, 2.45) is 5.92 Å².